The topological polar surface area (TPSA) is 102 Å². The molecular formula is C22H26N6O3. The van der Waals surface area contributed by atoms with Crippen molar-refractivity contribution in [2.24, 2.45) is 5.41 Å². The summed E-state index contributed by atoms with van der Waals surface area (Å²) in [5, 5.41) is 15.3. The largest absolute Gasteiger partial charge is 0.456 e. The van der Waals surface area contributed by atoms with Gasteiger partial charge in [0.1, 0.15) is 6.61 Å². The van der Waals surface area contributed by atoms with Gasteiger partial charge in [-0.25, -0.2) is 4.79 Å². The van der Waals surface area contributed by atoms with E-state index < -0.39 is 0 Å². The van der Waals surface area contributed by atoms with E-state index in [1.165, 1.54) is 16.7 Å². The van der Waals surface area contributed by atoms with Crippen molar-refractivity contribution >= 4 is 11.9 Å². The molecule has 1 saturated carbocycles. The Bertz CT molecular complexity index is 1010. The number of carbonyl (C=O) groups is 2. The molecule has 9 heteroatoms. The summed E-state index contributed by atoms with van der Waals surface area (Å²) in [5.74, 6) is -0.127. The van der Waals surface area contributed by atoms with Crippen molar-refractivity contribution in [1.29, 1.82) is 0 Å². The number of nitrogens with zero attached hydrogens (tertiary/aromatic N) is 5. The van der Waals surface area contributed by atoms with Gasteiger partial charge >= 0.3 is 5.97 Å². The zero-order chi connectivity index (χ0) is 21.4. The molecule has 3 heterocycles. The highest BCUT2D eigenvalue weighted by molar-refractivity contribution is 5.94. The molecule has 1 spiro atoms. The predicted octanol–water partition coefficient (Wildman–Crippen LogP) is 1.74. The number of aromatic nitrogens is 4. The third kappa shape index (κ3) is 3.63. The van der Waals surface area contributed by atoms with Gasteiger partial charge in [-0.3, -0.25) is 4.79 Å². The zero-order valence-corrected chi connectivity index (χ0v) is 17.6. The second-order valence-electron chi connectivity index (χ2n) is 8.68. The summed E-state index contributed by atoms with van der Waals surface area (Å²) in [7, 11) is 0. The first-order valence-electron chi connectivity index (χ1n) is 10.8. The number of benzene rings is 1. The Morgan fingerprint density at radius 2 is 1.94 bits per heavy atom. The van der Waals surface area contributed by atoms with E-state index in [0.717, 1.165) is 50.0 Å². The molecule has 1 aliphatic carbocycles. The van der Waals surface area contributed by atoms with Crippen LogP contribution in [-0.4, -0.2) is 56.2 Å². The van der Waals surface area contributed by atoms with Gasteiger partial charge in [0.15, 0.2) is 6.33 Å². The van der Waals surface area contributed by atoms with E-state index in [-0.39, 0.29) is 23.9 Å². The van der Waals surface area contributed by atoms with Gasteiger partial charge in [0.25, 0.3) is 0 Å². The fourth-order valence-electron chi connectivity index (χ4n) is 4.96. The first-order valence-corrected chi connectivity index (χ1v) is 10.8. The van der Waals surface area contributed by atoms with Crippen LogP contribution in [0.2, 0.25) is 0 Å². The van der Waals surface area contributed by atoms with Gasteiger partial charge in [-0.1, -0.05) is 12.1 Å². The Kier molecular flexibility index (Phi) is 5.05. The summed E-state index contributed by atoms with van der Waals surface area (Å²) in [4.78, 5) is 28.2. The monoisotopic (exact) mass is 422 g/mol. The lowest BCUT2D eigenvalue weighted by Crippen LogP contribution is -2.42. The van der Waals surface area contributed by atoms with E-state index >= 15 is 0 Å². The number of ether oxygens (including phenoxy) is 1. The number of likely N-dealkylation sites (tertiary alicyclic amines) is 1. The maximum atomic E-state index is 13.2. The minimum atomic E-state index is -0.303. The lowest BCUT2D eigenvalue weighted by molar-refractivity contribution is -0.138. The van der Waals surface area contributed by atoms with Crippen LogP contribution in [0, 0.1) is 5.41 Å². The number of nitrogens with one attached hydrogen (secondary N) is 1. The summed E-state index contributed by atoms with van der Waals surface area (Å²) >= 11 is 0. The Morgan fingerprint density at radius 1 is 1.16 bits per heavy atom. The number of hydrogen-bond donors (Lipinski definition) is 1. The molecule has 2 aromatic rings. The SMILES string of the molecule is CC1=C(N2CC[C@]3(CC[C@@H](NCc4ccc(-n5ncnn5)cc4)CC3)C2=O)COC1=O. The third-order valence-corrected chi connectivity index (χ3v) is 6.97. The van der Waals surface area contributed by atoms with Crippen molar-refractivity contribution in [3.05, 3.63) is 47.4 Å². The molecule has 5 rings (SSSR count). The van der Waals surface area contributed by atoms with E-state index in [4.69, 9.17) is 4.74 Å². The number of tetrazole rings is 1. The van der Waals surface area contributed by atoms with E-state index in [1.54, 1.807) is 11.8 Å². The molecule has 1 saturated heterocycles. The highest BCUT2D eigenvalue weighted by Gasteiger charge is 2.50. The highest BCUT2D eigenvalue weighted by Crippen LogP contribution is 2.46. The third-order valence-electron chi connectivity index (χ3n) is 6.97. The number of carbonyl (C=O) groups excluding carboxylic acids is 2. The molecule has 0 atom stereocenters. The van der Waals surface area contributed by atoms with Crippen molar-refractivity contribution in [1.82, 2.24) is 30.4 Å². The zero-order valence-electron chi connectivity index (χ0n) is 17.6. The van der Waals surface area contributed by atoms with Gasteiger partial charge in [0.2, 0.25) is 5.91 Å². The van der Waals surface area contributed by atoms with Crippen LogP contribution >= 0.6 is 0 Å². The Morgan fingerprint density at radius 3 is 2.58 bits per heavy atom. The molecule has 3 aliphatic rings. The molecule has 31 heavy (non-hydrogen) atoms. The smallest absolute Gasteiger partial charge is 0.336 e. The maximum absolute atomic E-state index is 13.2. The summed E-state index contributed by atoms with van der Waals surface area (Å²) < 4.78 is 5.11. The standard InChI is InChI=1S/C22H26N6O3/c1-15-19(13-31-20(15)29)27-11-10-22(21(27)30)8-6-17(7-9-22)23-12-16-2-4-18(5-3-16)28-25-14-24-26-28/h2-5,14,17,23H,6-13H2,1H3/t17-,22-. The quantitative estimate of drug-likeness (QED) is 0.732. The fourth-order valence-corrected chi connectivity index (χ4v) is 4.96. The lowest BCUT2D eigenvalue weighted by Gasteiger charge is -2.36. The molecule has 9 nitrogen and oxygen atoms in total. The van der Waals surface area contributed by atoms with Gasteiger partial charge in [0, 0.05) is 19.1 Å². The van der Waals surface area contributed by atoms with Gasteiger partial charge in [-0.2, -0.15) is 0 Å². The van der Waals surface area contributed by atoms with Crippen molar-refractivity contribution in [2.75, 3.05) is 13.2 Å². The average molecular weight is 422 g/mol. The van der Waals surface area contributed by atoms with E-state index in [9.17, 15) is 9.59 Å². The van der Waals surface area contributed by atoms with Crippen molar-refractivity contribution in [2.45, 2.75) is 51.6 Å². The summed E-state index contributed by atoms with van der Waals surface area (Å²) in [6.07, 6.45) is 6.01. The van der Waals surface area contributed by atoms with Crippen LogP contribution in [0.4, 0.5) is 0 Å². The van der Waals surface area contributed by atoms with Crippen LogP contribution in [0.25, 0.3) is 5.69 Å². The molecule has 1 amide bonds. The van der Waals surface area contributed by atoms with Gasteiger partial charge in [-0.05, 0) is 61.9 Å². The van der Waals surface area contributed by atoms with Crippen molar-refractivity contribution < 1.29 is 14.3 Å². The molecule has 1 aromatic carbocycles. The van der Waals surface area contributed by atoms with Gasteiger partial charge < -0.3 is 15.0 Å². The molecular weight excluding hydrogens is 396 g/mol. The van der Waals surface area contributed by atoms with Gasteiger partial charge in [-0.15, -0.1) is 15.0 Å². The second-order valence-corrected chi connectivity index (χ2v) is 8.68. The molecule has 162 valence electrons. The fraction of sp³-hybridized carbons (Fsp3) is 0.500. The van der Waals surface area contributed by atoms with E-state index in [0.29, 0.717) is 18.2 Å². The summed E-state index contributed by atoms with van der Waals surface area (Å²) in [6, 6.07) is 8.50. The number of esters is 1. The van der Waals surface area contributed by atoms with Gasteiger partial charge in [0.05, 0.1) is 22.4 Å². The number of hydrogen-bond acceptors (Lipinski definition) is 7. The second kappa shape index (κ2) is 7.88. The normalized spacial score (nSPS) is 26.2. The average Bonchev–Trinajstić information content (AvgIpc) is 3.51. The molecule has 0 bridgehead atoms. The predicted molar refractivity (Wildman–Crippen MR) is 111 cm³/mol. The maximum Gasteiger partial charge on any atom is 0.336 e. The van der Waals surface area contributed by atoms with Crippen LogP contribution in [0.5, 0.6) is 0 Å². The summed E-state index contributed by atoms with van der Waals surface area (Å²) in [6.45, 7) is 3.45. The number of rotatable bonds is 5. The number of amides is 1. The lowest BCUT2D eigenvalue weighted by atomic mass is 9.71. The summed E-state index contributed by atoms with van der Waals surface area (Å²) in [5.41, 5.74) is 3.14. The van der Waals surface area contributed by atoms with Crippen LogP contribution in [-0.2, 0) is 20.9 Å². The Hall–Kier alpha value is -3.07. The Labute approximate surface area is 180 Å². The van der Waals surface area contributed by atoms with E-state index in [1.807, 2.05) is 12.1 Å². The molecule has 1 N–H and O–H groups in total. The van der Waals surface area contributed by atoms with E-state index in [2.05, 4.69) is 32.9 Å². The molecule has 1 aromatic heterocycles. The molecule has 2 fully saturated rings. The first kappa shape index (κ1) is 19.9. The minimum absolute atomic E-state index is 0.177. The van der Waals surface area contributed by atoms with Crippen molar-refractivity contribution in [3.8, 4) is 5.69 Å². The van der Waals surface area contributed by atoms with Crippen LogP contribution in [0.1, 0.15) is 44.6 Å². The number of cyclic esters (lactones) is 1. The van der Waals surface area contributed by atoms with Crippen LogP contribution in [0.15, 0.2) is 41.9 Å². The highest BCUT2D eigenvalue weighted by atomic mass is 16.5. The first-order chi connectivity index (χ1) is 15.1. The van der Waals surface area contributed by atoms with Crippen molar-refractivity contribution in [3.63, 3.8) is 0 Å². The molecule has 0 unspecified atom stereocenters. The molecule has 0 radical (unpaired) electrons. The molecule has 2 aliphatic heterocycles. The van der Waals surface area contributed by atoms with Crippen LogP contribution in [0.3, 0.4) is 0 Å². The minimum Gasteiger partial charge on any atom is -0.456 e. The Balaban J connectivity index is 1.15. The van der Waals surface area contributed by atoms with Crippen LogP contribution < -0.4 is 5.32 Å².